The molecule has 0 aliphatic heterocycles. The van der Waals surface area contributed by atoms with E-state index in [9.17, 15) is 14.4 Å². The van der Waals surface area contributed by atoms with Crippen molar-refractivity contribution in [3.63, 3.8) is 0 Å². The smallest absolute Gasteiger partial charge is 0.343 e. The summed E-state index contributed by atoms with van der Waals surface area (Å²) in [7, 11) is 2.52. The molecule has 0 unspecified atom stereocenters. The second-order valence-electron chi connectivity index (χ2n) is 9.08. The molecule has 204 valence electrons. The molecule has 2 aromatic rings. The van der Waals surface area contributed by atoms with Gasteiger partial charge in [-0.3, -0.25) is 4.79 Å². The van der Waals surface area contributed by atoms with Crippen molar-refractivity contribution in [2.45, 2.75) is 71.9 Å². The lowest BCUT2D eigenvalue weighted by Gasteiger charge is -2.22. The number of rotatable bonds is 14. The summed E-state index contributed by atoms with van der Waals surface area (Å²) < 4.78 is 14.9. The summed E-state index contributed by atoms with van der Waals surface area (Å²) in [6.07, 6.45) is 8.45. The molecule has 0 radical (unpaired) electrons. The lowest BCUT2D eigenvalue weighted by molar-refractivity contribution is -0.143. The first-order chi connectivity index (χ1) is 18.4. The van der Waals surface area contributed by atoms with E-state index < -0.39 is 11.9 Å². The van der Waals surface area contributed by atoms with Gasteiger partial charge in [0.15, 0.2) is 6.61 Å². The number of carbonyl (C=O) groups excluding carboxylic acids is 3. The van der Waals surface area contributed by atoms with Crippen LogP contribution in [0.3, 0.4) is 0 Å². The highest BCUT2D eigenvalue weighted by molar-refractivity contribution is 5.92. The Hall–Kier alpha value is -3.79. The lowest BCUT2D eigenvalue weighted by Crippen LogP contribution is -2.27. The van der Waals surface area contributed by atoms with Crippen LogP contribution in [0.5, 0.6) is 5.75 Å². The Bertz CT molecular complexity index is 1110. The topological polar surface area (TPSA) is 82.1 Å². The van der Waals surface area contributed by atoms with Crippen molar-refractivity contribution in [1.82, 2.24) is 4.90 Å². The summed E-state index contributed by atoms with van der Waals surface area (Å²) in [5.41, 5.74) is 2.83. The molecule has 0 aromatic heterocycles. The van der Waals surface area contributed by atoms with Crippen LogP contribution in [0.15, 0.2) is 42.5 Å². The van der Waals surface area contributed by atoms with E-state index in [-0.39, 0.29) is 30.4 Å². The van der Waals surface area contributed by atoms with Crippen LogP contribution >= 0.6 is 0 Å². The minimum atomic E-state index is -0.603. The van der Waals surface area contributed by atoms with Gasteiger partial charge in [0.05, 0.1) is 14.2 Å². The average Bonchev–Trinajstić information content (AvgIpc) is 2.93. The maximum absolute atomic E-state index is 12.4. The summed E-state index contributed by atoms with van der Waals surface area (Å²) >= 11 is 0. The molecule has 0 saturated heterocycles. The minimum Gasteiger partial charge on any atom is -0.481 e. The molecule has 1 amide bonds. The highest BCUT2D eigenvalue weighted by atomic mass is 16.6. The van der Waals surface area contributed by atoms with E-state index in [4.69, 9.17) is 9.47 Å². The number of benzene rings is 2. The van der Waals surface area contributed by atoms with Gasteiger partial charge < -0.3 is 19.1 Å². The molecule has 0 spiro atoms. The van der Waals surface area contributed by atoms with Crippen molar-refractivity contribution in [1.29, 1.82) is 0 Å². The molecule has 2 rings (SSSR count). The standard InChI is InChI=1S/C31H39NO6/c1-5-6-7-8-9-10-11-12-13-25-14-16-26(17-15-25)21-32(24(2)33)22-27-18-19-29(38-23-30(34)36-3)28(20-27)31(35)37-4/h14-20H,5-11,21-23H2,1-4H3. The fraction of sp³-hybridized carbons (Fsp3) is 0.452. The van der Waals surface area contributed by atoms with E-state index in [1.165, 1.54) is 53.2 Å². The van der Waals surface area contributed by atoms with E-state index >= 15 is 0 Å². The largest absolute Gasteiger partial charge is 0.481 e. The Morgan fingerprint density at radius 1 is 0.842 bits per heavy atom. The van der Waals surface area contributed by atoms with E-state index in [1.54, 1.807) is 23.1 Å². The fourth-order valence-corrected chi connectivity index (χ4v) is 3.84. The highest BCUT2D eigenvalue weighted by Crippen LogP contribution is 2.23. The van der Waals surface area contributed by atoms with Crippen LogP contribution in [0.4, 0.5) is 0 Å². The van der Waals surface area contributed by atoms with Gasteiger partial charge in [-0.05, 0) is 41.8 Å². The van der Waals surface area contributed by atoms with E-state index in [1.807, 2.05) is 24.3 Å². The van der Waals surface area contributed by atoms with E-state index in [2.05, 4.69) is 23.5 Å². The van der Waals surface area contributed by atoms with Crippen molar-refractivity contribution in [3.05, 3.63) is 64.7 Å². The van der Waals surface area contributed by atoms with Gasteiger partial charge in [0.2, 0.25) is 5.91 Å². The second-order valence-corrected chi connectivity index (χ2v) is 9.08. The van der Waals surface area contributed by atoms with Gasteiger partial charge in [0, 0.05) is 32.0 Å². The molecule has 0 N–H and O–H groups in total. The molecule has 0 aliphatic carbocycles. The molecule has 0 atom stereocenters. The number of ether oxygens (including phenoxy) is 3. The van der Waals surface area contributed by atoms with Crippen LogP contribution in [-0.2, 0) is 32.2 Å². The zero-order valence-electron chi connectivity index (χ0n) is 23.0. The van der Waals surface area contributed by atoms with Gasteiger partial charge in [-0.15, -0.1) is 0 Å². The van der Waals surface area contributed by atoms with Crippen molar-refractivity contribution in [2.75, 3.05) is 20.8 Å². The summed E-state index contributed by atoms with van der Waals surface area (Å²) in [6, 6.07) is 12.9. The van der Waals surface area contributed by atoms with Crippen LogP contribution in [0.2, 0.25) is 0 Å². The Balaban J connectivity index is 2.01. The van der Waals surface area contributed by atoms with Gasteiger partial charge in [-0.25, -0.2) is 9.59 Å². The molecule has 0 saturated carbocycles. The van der Waals surface area contributed by atoms with Gasteiger partial charge in [-0.2, -0.15) is 0 Å². The fourth-order valence-electron chi connectivity index (χ4n) is 3.84. The molecule has 0 bridgehead atoms. The van der Waals surface area contributed by atoms with Gasteiger partial charge >= 0.3 is 11.9 Å². The van der Waals surface area contributed by atoms with Crippen molar-refractivity contribution < 1.29 is 28.6 Å². The lowest BCUT2D eigenvalue weighted by atomic mass is 10.1. The zero-order chi connectivity index (χ0) is 27.8. The summed E-state index contributed by atoms with van der Waals surface area (Å²) in [5.74, 6) is 5.42. The van der Waals surface area contributed by atoms with Gasteiger partial charge in [0.25, 0.3) is 0 Å². The average molecular weight is 522 g/mol. The molecular formula is C31H39NO6. The van der Waals surface area contributed by atoms with E-state index in [0.29, 0.717) is 6.54 Å². The van der Waals surface area contributed by atoms with Crippen LogP contribution in [0.25, 0.3) is 0 Å². The van der Waals surface area contributed by atoms with Crippen LogP contribution < -0.4 is 4.74 Å². The Labute approximate surface area is 226 Å². The zero-order valence-corrected chi connectivity index (χ0v) is 23.0. The molecule has 2 aromatic carbocycles. The molecule has 7 nitrogen and oxygen atoms in total. The predicted octanol–water partition coefficient (Wildman–Crippen LogP) is 5.68. The van der Waals surface area contributed by atoms with Gasteiger partial charge in [-0.1, -0.05) is 69.1 Å². The quantitative estimate of drug-likeness (QED) is 0.181. The number of nitrogens with zero attached hydrogens (tertiary/aromatic N) is 1. The second kappa shape index (κ2) is 16.9. The minimum absolute atomic E-state index is 0.0987. The van der Waals surface area contributed by atoms with E-state index in [0.717, 1.165) is 29.5 Å². The summed E-state index contributed by atoms with van der Waals surface area (Å²) in [4.78, 5) is 37.8. The van der Waals surface area contributed by atoms with Gasteiger partial charge in [0.1, 0.15) is 11.3 Å². The maximum atomic E-state index is 12.4. The SMILES string of the molecule is CCCCCCCCC#Cc1ccc(CN(Cc2ccc(OCC(=O)OC)c(C(=O)OC)c2)C(C)=O)cc1. The molecule has 38 heavy (non-hydrogen) atoms. The third-order valence-corrected chi connectivity index (χ3v) is 6.06. The predicted molar refractivity (Wildman–Crippen MR) is 147 cm³/mol. The molecule has 7 heteroatoms. The number of methoxy groups -OCH3 is 2. The summed E-state index contributed by atoms with van der Waals surface area (Å²) in [6.45, 7) is 4.10. The van der Waals surface area contributed by atoms with Crippen molar-refractivity contribution in [3.8, 4) is 17.6 Å². The molecule has 0 heterocycles. The Morgan fingerprint density at radius 2 is 1.50 bits per heavy atom. The number of hydrogen-bond donors (Lipinski definition) is 0. The normalized spacial score (nSPS) is 10.2. The van der Waals surface area contributed by atoms with Crippen LogP contribution in [0.1, 0.15) is 85.8 Å². The molecule has 0 aliphatic rings. The highest BCUT2D eigenvalue weighted by Gasteiger charge is 2.18. The first-order valence-corrected chi connectivity index (χ1v) is 13.1. The van der Waals surface area contributed by atoms with Crippen molar-refractivity contribution >= 4 is 17.8 Å². The number of esters is 2. The first-order valence-electron chi connectivity index (χ1n) is 13.1. The Morgan fingerprint density at radius 3 is 2.16 bits per heavy atom. The van der Waals surface area contributed by atoms with Crippen molar-refractivity contribution in [2.24, 2.45) is 0 Å². The monoisotopic (exact) mass is 521 g/mol. The Kier molecular flexibility index (Phi) is 13.5. The van der Waals surface area contributed by atoms with Crippen LogP contribution in [-0.4, -0.2) is 43.6 Å². The molecular weight excluding hydrogens is 482 g/mol. The molecule has 0 fully saturated rings. The third-order valence-electron chi connectivity index (χ3n) is 6.06. The number of carbonyl (C=O) groups is 3. The third kappa shape index (κ3) is 10.7. The number of hydrogen-bond acceptors (Lipinski definition) is 6. The van der Waals surface area contributed by atoms with Crippen LogP contribution in [0, 0.1) is 11.8 Å². The first kappa shape index (κ1) is 30.4. The maximum Gasteiger partial charge on any atom is 0.343 e. The number of unbranched alkanes of at least 4 members (excludes halogenated alkanes) is 6. The summed E-state index contributed by atoms with van der Waals surface area (Å²) in [5, 5.41) is 0. The number of amides is 1.